The molecule has 0 saturated carbocycles. The lowest BCUT2D eigenvalue weighted by molar-refractivity contribution is 0.0506. The highest BCUT2D eigenvalue weighted by Gasteiger charge is 2.21. The first-order valence-corrected chi connectivity index (χ1v) is 5.44. The van der Waals surface area contributed by atoms with Gasteiger partial charge >= 0.3 is 0 Å². The number of rotatable bonds is 8. The first-order valence-electron chi connectivity index (χ1n) is 5.44. The Balaban J connectivity index is 3.91. The Bertz CT molecular complexity index is 130. The Hall–Kier alpha value is -0.120. The quantitative estimate of drug-likeness (QED) is 0.654. The van der Waals surface area contributed by atoms with Crippen LogP contribution in [0.3, 0.4) is 0 Å². The average molecular weight is 203 g/mol. The topological polar surface area (TPSA) is 44.5 Å². The molecule has 0 aliphatic heterocycles. The zero-order valence-corrected chi connectivity index (χ0v) is 9.95. The van der Waals surface area contributed by atoms with Crippen LogP contribution in [-0.4, -0.2) is 33.0 Å². The zero-order valence-electron chi connectivity index (χ0n) is 9.95. The average Bonchev–Trinajstić information content (AvgIpc) is 2.21. The smallest absolute Gasteiger partial charge is 0.0724 e. The van der Waals surface area contributed by atoms with E-state index in [0.29, 0.717) is 5.92 Å². The van der Waals surface area contributed by atoms with E-state index in [-0.39, 0.29) is 12.1 Å². The summed E-state index contributed by atoms with van der Waals surface area (Å²) in [5.74, 6) is 0.450. The van der Waals surface area contributed by atoms with Crippen molar-refractivity contribution in [1.29, 1.82) is 0 Å². The molecule has 86 valence electrons. The molecule has 3 nitrogen and oxygen atoms in total. The van der Waals surface area contributed by atoms with Gasteiger partial charge in [0.1, 0.15) is 0 Å². The highest BCUT2D eigenvalue weighted by Crippen LogP contribution is 2.15. The van der Waals surface area contributed by atoms with Crippen LogP contribution in [0.25, 0.3) is 0 Å². The molecule has 3 heteroatoms. The Morgan fingerprint density at radius 2 is 1.86 bits per heavy atom. The standard InChI is InChI=1S/C11H25NO2/c1-5-6-10(14-4)11(12)9(2)7-8-13-3/h9-11H,5-8,12H2,1-4H3. The van der Waals surface area contributed by atoms with Crippen molar-refractivity contribution < 1.29 is 9.47 Å². The SMILES string of the molecule is CCCC(OC)C(N)C(C)CCOC. The molecule has 0 fully saturated rings. The number of ether oxygens (including phenoxy) is 2. The van der Waals surface area contributed by atoms with Crippen LogP contribution in [-0.2, 0) is 9.47 Å². The lowest BCUT2D eigenvalue weighted by atomic mass is 9.92. The second-order valence-electron chi connectivity index (χ2n) is 3.90. The predicted octanol–water partition coefficient (Wildman–Crippen LogP) is 1.80. The van der Waals surface area contributed by atoms with Crippen molar-refractivity contribution in [3.05, 3.63) is 0 Å². The Morgan fingerprint density at radius 1 is 1.21 bits per heavy atom. The molecular weight excluding hydrogens is 178 g/mol. The summed E-state index contributed by atoms with van der Waals surface area (Å²) < 4.78 is 10.4. The summed E-state index contributed by atoms with van der Waals surface area (Å²) in [4.78, 5) is 0. The van der Waals surface area contributed by atoms with Gasteiger partial charge in [-0.05, 0) is 18.8 Å². The highest BCUT2D eigenvalue weighted by molar-refractivity contribution is 4.78. The molecule has 0 aliphatic carbocycles. The Morgan fingerprint density at radius 3 is 2.29 bits per heavy atom. The molecule has 0 spiro atoms. The van der Waals surface area contributed by atoms with E-state index >= 15 is 0 Å². The molecule has 0 aromatic rings. The summed E-state index contributed by atoms with van der Waals surface area (Å²) in [6.07, 6.45) is 3.34. The first-order chi connectivity index (χ1) is 6.67. The van der Waals surface area contributed by atoms with E-state index in [1.54, 1.807) is 14.2 Å². The van der Waals surface area contributed by atoms with Gasteiger partial charge in [-0.25, -0.2) is 0 Å². The molecule has 0 saturated heterocycles. The van der Waals surface area contributed by atoms with Crippen molar-refractivity contribution in [3.63, 3.8) is 0 Å². The van der Waals surface area contributed by atoms with E-state index in [0.717, 1.165) is 25.9 Å². The van der Waals surface area contributed by atoms with Gasteiger partial charge < -0.3 is 15.2 Å². The molecular formula is C11H25NO2. The van der Waals surface area contributed by atoms with Gasteiger partial charge in [0.2, 0.25) is 0 Å². The summed E-state index contributed by atoms with van der Waals surface area (Å²) in [6.45, 7) is 5.08. The largest absolute Gasteiger partial charge is 0.385 e. The third-order valence-corrected chi connectivity index (χ3v) is 2.74. The van der Waals surface area contributed by atoms with Gasteiger partial charge in [0.15, 0.2) is 0 Å². The first kappa shape index (κ1) is 13.9. The zero-order chi connectivity index (χ0) is 11.0. The third kappa shape index (κ3) is 4.94. The van der Waals surface area contributed by atoms with Crippen LogP contribution >= 0.6 is 0 Å². The van der Waals surface area contributed by atoms with Crippen LogP contribution in [0, 0.1) is 5.92 Å². The maximum absolute atomic E-state index is 6.12. The number of methoxy groups -OCH3 is 2. The molecule has 0 heterocycles. The van der Waals surface area contributed by atoms with Crippen LogP contribution in [0.5, 0.6) is 0 Å². The van der Waals surface area contributed by atoms with Crippen molar-refractivity contribution in [2.45, 2.75) is 45.3 Å². The van der Waals surface area contributed by atoms with Gasteiger partial charge in [-0.2, -0.15) is 0 Å². The van der Waals surface area contributed by atoms with Gasteiger partial charge in [-0.15, -0.1) is 0 Å². The number of nitrogens with two attached hydrogens (primary N) is 1. The van der Waals surface area contributed by atoms with E-state index in [1.165, 1.54) is 0 Å². The van der Waals surface area contributed by atoms with Gasteiger partial charge in [0.25, 0.3) is 0 Å². The van der Waals surface area contributed by atoms with E-state index in [9.17, 15) is 0 Å². The van der Waals surface area contributed by atoms with E-state index in [4.69, 9.17) is 15.2 Å². The fraction of sp³-hybridized carbons (Fsp3) is 1.00. The molecule has 0 aliphatic rings. The summed E-state index contributed by atoms with van der Waals surface area (Å²) in [5.41, 5.74) is 6.12. The van der Waals surface area contributed by atoms with Crippen molar-refractivity contribution in [1.82, 2.24) is 0 Å². The molecule has 3 atom stereocenters. The Labute approximate surface area is 88.0 Å². The monoisotopic (exact) mass is 203 g/mol. The van der Waals surface area contributed by atoms with Gasteiger partial charge in [-0.3, -0.25) is 0 Å². The summed E-state index contributed by atoms with van der Waals surface area (Å²) >= 11 is 0. The summed E-state index contributed by atoms with van der Waals surface area (Å²) in [6, 6.07) is 0.120. The highest BCUT2D eigenvalue weighted by atomic mass is 16.5. The fourth-order valence-corrected chi connectivity index (χ4v) is 1.61. The van der Waals surface area contributed by atoms with Crippen LogP contribution in [0.15, 0.2) is 0 Å². The third-order valence-electron chi connectivity index (χ3n) is 2.74. The summed E-state index contributed by atoms with van der Waals surface area (Å²) in [5, 5.41) is 0. The second kappa shape index (κ2) is 8.21. The minimum atomic E-state index is 0.120. The molecule has 14 heavy (non-hydrogen) atoms. The molecule has 3 unspecified atom stereocenters. The van der Waals surface area contributed by atoms with E-state index < -0.39 is 0 Å². The van der Waals surface area contributed by atoms with Gasteiger partial charge in [-0.1, -0.05) is 20.3 Å². The number of hydrogen-bond acceptors (Lipinski definition) is 3. The van der Waals surface area contributed by atoms with Crippen molar-refractivity contribution in [2.24, 2.45) is 11.7 Å². The minimum Gasteiger partial charge on any atom is -0.385 e. The Kier molecular flexibility index (Phi) is 8.14. The van der Waals surface area contributed by atoms with Crippen LogP contribution in [0.4, 0.5) is 0 Å². The second-order valence-corrected chi connectivity index (χ2v) is 3.90. The molecule has 0 bridgehead atoms. The van der Waals surface area contributed by atoms with Crippen LogP contribution in [0.2, 0.25) is 0 Å². The molecule has 0 aromatic carbocycles. The van der Waals surface area contributed by atoms with Crippen molar-refractivity contribution >= 4 is 0 Å². The lowest BCUT2D eigenvalue weighted by Gasteiger charge is -2.27. The molecule has 0 aromatic heterocycles. The van der Waals surface area contributed by atoms with E-state index in [1.807, 2.05) is 0 Å². The maximum Gasteiger partial charge on any atom is 0.0724 e. The van der Waals surface area contributed by atoms with Crippen molar-refractivity contribution in [2.75, 3.05) is 20.8 Å². The number of hydrogen-bond donors (Lipinski definition) is 1. The fourth-order valence-electron chi connectivity index (χ4n) is 1.61. The predicted molar refractivity (Wildman–Crippen MR) is 59.3 cm³/mol. The summed E-state index contributed by atoms with van der Waals surface area (Å²) in [7, 11) is 3.46. The minimum absolute atomic E-state index is 0.120. The van der Waals surface area contributed by atoms with Crippen LogP contribution < -0.4 is 5.73 Å². The molecule has 2 N–H and O–H groups in total. The van der Waals surface area contributed by atoms with Crippen molar-refractivity contribution in [3.8, 4) is 0 Å². The lowest BCUT2D eigenvalue weighted by Crippen LogP contribution is -2.41. The normalized spacial score (nSPS) is 17.8. The molecule has 0 rings (SSSR count). The van der Waals surface area contributed by atoms with Crippen LogP contribution in [0.1, 0.15) is 33.1 Å². The molecule has 0 radical (unpaired) electrons. The molecule has 0 amide bonds. The van der Waals surface area contributed by atoms with Gasteiger partial charge in [0, 0.05) is 26.9 Å². The van der Waals surface area contributed by atoms with E-state index in [2.05, 4.69) is 13.8 Å². The maximum atomic E-state index is 6.12. The van der Waals surface area contributed by atoms with Gasteiger partial charge in [0.05, 0.1) is 6.10 Å².